The average Bonchev–Trinajstić information content (AvgIpc) is 2.63. The molecule has 0 amide bonds. The van der Waals surface area contributed by atoms with Crippen LogP contribution in [0.15, 0.2) is 35.1 Å². The van der Waals surface area contributed by atoms with Crippen LogP contribution >= 0.6 is 15.9 Å². The van der Waals surface area contributed by atoms with E-state index < -0.39 is 6.10 Å². The predicted octanol–water partition coefficient (Wildman–Crippen LogP) is 3.03. The molecular formula is C12H13BrN2O2. The largest absolute Gasteiger partial charge is 0.454 e. The van der Waals surface area contributed by atoms with E-state index in [-0.39, 0.29) is 0 Å². The molecule has 4 nitrogen and oxygen atoms in total. The van der Waals surface area contributed by atoms with Crippen LogP contribution in [0.2, 0.25) is 0 Å². The highest BCUT2D eigenvalue weighted by atomic mass is 79.9. The Bertz CT molecular complexity index is 523. The van der Waals surface area contributed by atoms with E-state index in [0.717, 1.165) is 10.0 Å². The molecule has 0 bridgehead atoms. The van der Waals surface area contributed by atoms with E-state index in [9.17, 15) is 5.11 Å². The fourth-order valence-corrected chi connectivity index (χ4v) is 2.19. The van der Waals surface area contributed by atoms with E-state index in [1.54, 1.807) is 24.0 Å². The van der Waals surface area contributed by atoms with Gasteiger partial charge in [-0.25, -0.2) is 0 Å². The minimum absolute atomic E-state index is 0.503. The summed E-state index contributed by atoms with van der Waals surface area (Å²) < 4.78 is 8.12. The number of aryl methyl sites for hydroxylation is 1. The van der Waals surface area contributed by atoms with Crippen molar-refractivity contribution in [1.29, 1.82) is 0 Å². The van der Waals surface area contributed by atoms with Gasteiger partial charge < -0.3 is 9.84 Å². The van der Waals surface area contributed by atoms with Crippen molar-refractivity contribution in [1.82, 2.24) is 9.78 Å². The monoisotopic (exact) mass is 296 g/mol. The van der Waals surface area contributed by atoms with Crippen LogP contribution in [-0.2, 0) is 7.05 Å². The number of aliphatic hydroxyl groups is 1. The fourth-order valence-electron chi connectivity index (χ4n) is 1.50. The van der Waals surface area contributed by atoms with Gasteiger partial charge in [0, 0.05) is 11.5 Å². The molecule has 1 aromatic heterocycles. The summed E-state index contributed by atoms with van der Waals surface area (Å²) >= 11 is 3.41. The van der Waals surface area contributed by atoms with Crippen molar-refractivity contribution in [2.24, 2.45) is 7.05 Å². The van der Waals surface area contributed by atoms with Crippen LogP contribution in [0.25, 0.3) is 0 Å². The maximum absolute atomic E-state index is 9.50. The molecule has 90 valence electrons. The van der Waals surface area contributed by atoms with E-state index in [4.69, 9.17) is 4.74 Å². The molecule has 0 aliphatic rings. The first-order chi connectivity index (χ1) is 8.06. The summed E-state index contributed by atoms with van der Waals surface area (Å²) in [6, 6.07) is 5.48. The van der Waals surface area contributed by atoms with Crippen molar-refractivity contribution in [2.45, 2.75) is 13.0 Å². The number of aromatic nitrogens is 2. The number of nitrogens with zero attached hydrogens (tertiary/aromatic N) is 2. The topological polar surface area (TPSA) is 47.3 Å². The van der Waals surface area contributed by atoms with Gasteiger partial charge in [-0.1, -0.05) is 22.0 Å². The number of rotatable bonds is 3. The van der Waals surface area contributed by atoms with E-state index in [0.29, 0.717) is 11.5 Å². The Morgan fingerprint density at radius 2 is 2.18 bits per heavy atom. The first kappa shape index (κ1) is 12.1. The Kier molecular flexibility index (Phi) is 3.49. The van der Waals surface area contributed by atoms with Crippen molar-refractivity contribution in [3.8, 4) is 11.5 Å². The second-order valence-corrected chi connectivity index (χ2v) is 4.67. The second-order valence-electron chi connectivity index (χ2n) is 3.81. The Morgan fingerprint density at radius 3 is 2.71 bits per heavy atom. The minimum Gasteiger partial charge on any atom is -0.454 e. The molecule has 5 heteroatoms. The zero-order valence-corrected chi connectivity index (χ0v) is 11.2. The Morgan fingerprint density at radius 1 is 1.41 bits per heavy atom. The third-order valence-corrected chi connectivity index (χ3v) is 3.03. The van der Waals surface area contributed by atoms with E-state index in [1.165, 1.54) is 0 Å². The van der Waals surface area contributed by atoms with Gasteiger partial charge in [-0.3, -0.25) is 4.68 Å². The fraction of sp³-hybridized carbons (Fsp3) is 0.250. The van der Waals surface area contributed by atoms with Gasteiger partial charge in [0.2, 0.25) is 0 Å². The lowest BCUT2D eigenvalue weighted by Gasteiger charge is -2.09. The maximum Gasteiger partial charge on any atom is 0.165 e. The molecule has 1 atom stereocenters. The van der Waals surface area contributed by atoms with Crippen molar-refractivity contribution in [3.05, 3.63) is 40.6 Å². The lowest BCUT2D eigenvalue weighted by Crippen LogP contribution is -1.93. The number of hydrogen-bond donors (Lipinski definition) is 1. The molecule has 0 unspecified atom stereocenters. The molecule has 1 N–H and O–H groups in total. The summed E-state index contributed by atoms with van der Waals surface area (Å²) in [5.41, 5.74) is 0.837. The first-order valence-electron chi connectivity index (χ1n) is 5.20. The van der Waals surface area contributed by atoms with Gasteiger partial charge >= 0.3 is 0 Å². The molecular weight excluding hydrogens is 284 g/mol. The molecule has 1 aromatic carbocycles. The molecule has 0 aliphatic carbocycles. The van der Waals surface area contributed by atoms with Crippen LogP contribution in [0, 0.1) is 0 Å². The molecule has 2 rings (SSSR count). The van der Waals surface area contributed by atoms with Crippen molar-refractivity contribution in [3.63, 3.8) is 0 Å². The quantitative estimate of drug-likeness (QED) is 0.947. The molecule has 0 aliphatic heterocycles. The van der Waals surface area contributed by atoms with E-state index in [2.05, 4.69) is 21.0 Å². The highest BCUT2D eigenvalue weighted by Crippen LogP contribution is 2.29. The van der Waals surface area contributed by atoms with Crippen molar-refractivity contribution < 1.29 is 9.84 Å². The normalized spacial score (nSPS) is 12.5. The number of halogens is 1. The van der Waals surface area contributed by atoms with Gasteiger partial charge in [0.15, 0.2) is 5.75 Å². The number of ether oxygens (including phenoxy) is 1. The van der Waals surface area contributed by atoms with Gasteiger partial charge in [-0.15, -0.1) is 0 Å². The summed E-state index contributed by atoms with van der Waals surface area (Å²) in [6.45, 7) is 1.72. The Labute approximate surface area is 108 Å². The standard InChI is InChI=1S/C12H13BrN2O2/c1-8(16)11-4-3-9(5-12(11)13)17-10-6-14-15(2)7-10/h3-8,16H,1-2H3/t8-/m1/s1. The summed E-state index contributed by atoms with van der Waals surface area (Å²) in [5, 5.41) is 13.5. The zero-order valence-electron chi connectivity index (χ0n) is 9.59. The molecule has 2 aromatic rings. The molecule has 1 heterocycles. The number of hydrogen-bond acceptors (Lipinski definition) is 3. The third kappa shape index (κ3) is 2.87. The van der Waals surface area contributed by atoms with Gasteiger partial charge in [-0.2, -0.15) is 5.10 Å². The molecule has 0 saturated carbocycles. The lowest BCUT2D eigenvalue weighted by molar-refractivity contribution is 0.198. The molecule has 0 fully saturated rings. The van der Waals surface area contributed by atoms with Crippen LogP contribution in [0.1, 0.15) is 18.6 Å². The van der Waals surface area contributed by atoms with E-state index >= 15 is 0 Å². The highest BCUT2D eigenvalue weighted by Gasteiger charge is 2.08. The molecule has 0 spiro atoms. The van der Waals surface area contributed by atoms with Crippen LogP contribution in [0.5, 0.6) is 11.5 Å². The average molecular weight is 297 g/mol. The first-order valence-corrected chi connectivity index (χ1v) is 5.99. The summed E-state index contributed by atoms with van der Waals surface area (Å²) in [4.78, 5) is 0. The predicted molar refractivity (Wildman–Crippen MR) is 68.1 cm³/mol. The van der Waals surface area contributed by atoms with Crippen molar-refractivity contribution >= 4 is 15.9 Å². The molecule has 17 heavy (non-hydrogen) atoms. The van der Waals surface area contributed by atoms with Crippen molar-refractivity contribution in [2.75, 3.05) is 0 Å². The lowest BCUT2D eigenvalue weighted by atomic mass is 10.1. The SMILES string of the molecule is C[C@@H](O)c1ccc(Oc2cnn(C)c2)cc1Br. The smallest absolute Gasteiger partial charge is 0.165 e. The summed E-state index contributed by atoms with van der Waals surface area (Å²) in [6.07, 6.45) is 2.93. The van der Waals surface area contributed by atoms with Crippen LogP contribution in [0.4, 0.5) is 0 Å². The minimum atomic E-state index is -0.503. The Balaban J connectivity index is 2.20. The van der Waals surface area contributed by atoms with Crippen LogP contribution in [-0.4, -0.2) is 14.9 Å². The van der Waals surface area contributed by atoms with Gasteiger partial charge in [0.1, 0.15) is 5.75 Å². The Hall–Kier alpha value is -1.33. The second kappa shape index (κ2) is 4.89. The molecule has 0 radical (unpaired) electrons. The highest BCUT2D eigenvalue weighted by molar-refractivity contribution is 9.10. The molecule has 0 saturated heterocycles. The van der Waals surface area contributed by atoms with E-state index in [1.807, 2.05) is 25.2 Å². The van der Waals surface area contributed by atoms with Gasteiger partial charge in [0.05, 0.1) is 18.5 Å². The maximum atomic E-state index is 9.50. The third-order valence-electron chi connectivity index (χ3n) is 2.34. The summed E-state index contributed by atoms with van der Waals surface area (Å²) in [5.74, 6) is 1.39. The zero-order chi connectivity index (χ0) is 12.4. The van der Waals surface area contributed by atoms with Crippen LogP contribution < -0.4 is 4.74 Å². The summed E-state index contributed by atoms with van der Waals surface area (Å²) in [7, 11) is 1.83. The van der Waals surface area contributed by atoms with Gasteiger partial charge in [-0.05, 0) is 24.6 Å². The number of benzene rings is 1. The van der Waals surface area contributed by atoms with Gasteiger partial charge in [0.25, 0.3) is 0 Å². The number of aliphatic hydroxyl groups excluding tert-OH is 1. The van der Waals surface area contributed by atoms with Crippen LogP contribution in [0.3, 0.4) is 0 Å².